The highest BCUT2D eigenvalue weighted by Crippen LogP contribution is 1.89. The SMILES string of the molecule is CCCN[C@H](CS)C(C)=O. The van der Waals surface area contributed by atoms with Crippen molar-refractivity contribution in [2.24, 2.45) is 0 Å². The summed E-state index contributed by atoms with van der Waals surface area (Å²) in [5.74, 6) is 0.762. The van der Waals surface area contributed by atoms with Gasteiger partial charge < -0.3 is 5.32 Å². The number of Topliss-reactive ketones (excluding diaryl/α,β-unsaturated/α-hetero) is 1. The maximum absolute atomic E-state index is 10.8. The van der Waals surface area contributed by atoms with Crippen molar-refractivity contribution in [1.82, 2.24) is 5.32 Å². The standard InChI is InChI=1S/C7H15NOS/c1-3-4-8-7(5-10)6(2)9/h7-8,10H,3-5H2,1-2H3/t7-/m1/s1. The van der Waals surface area contributed by atoms with E-state index in [0.29, 0.717) is 5.75 Å². The fourth-order valence-electron chi connectivity index (χ4n) is 0.655. The molecule has 0 aromatic rings. The van der Waals surface area contributed by atoms with Gasteiger partial charge in [-0.1, -0.05) is 6.92 Å². The molecule has 0 fully saturated rings. The van der Waals surface area contributed by atoms with Crippen LogP contribution < -0.4 is 5.32 Å². The van der Waals surface area contributed by atoms with Crippen LogP contribution in [0.15, 0.2) is 0 Å². The molecule has 0 rings (SSSR count). The van der Waals surface area contributed by atoms with E-state index >= 15 is 0 Å². The lowest BCUT2D eigenvalue weighted by atomic mass is 10.2. The minimum atomic E-state index is -0.0525. The molecule has 0 spiro atoms. The number of carbonyl (C=O) groups excluding carboxylic acids is 1. The van der Waals surface area contributed by atoms with Crippen molar-refractivity contribution in [1.29, 1.82) is 0 Å². The van der Waals surface area contributed by atoms with Crippen LogP contribution in [-0.2, 0) is 4.79 Å². The Hall–Kier alpha value is -0.0200. The summed E-state index contributed by atoms with van der Waals surface area (Å²) in [6, 6.07) is -0.0525. The molecule has 1 N–H and O–H groups in total. The molecule has 0 unspecified atom stereocenters. The van der Waals surface area contributed by atoms with Crippen molar-refractivity contribution < 1.29 is 4.79 Å². The van der Waals surface area contributed by atoms with Crippen molar-refractivity contribution in [3.8, 4) is 0 Å². The van der Waals surface area contributed by atoms with Crippen molar-refractivity contribution in [3.05, 3.63) is 0 Å². The molecule has 0 aliphatic carbocycles. The van der Waals surface area contributed by atoms with E-state index in [9.17, 15) is 4.79 Å². The summed E-state index contributed by atoms with van der Waals surface area (Å²) >= 11 is 4.04. The van der Waals surface area contributed by atoms with Gasteiger partial charge in [0.05, 0.1) is 6.04 Å². The van der Waals surface area contributed by atoms with Crippen molar-refractivity contribution in [3.63, 3.8) is 0 Å². The van der Waals surface area contributed by atoms with Crippen LogP contribution in [-0.4, -0.2) is 24.1 Å². The van der Waals surface area contributed by atoms with Crippen molar-refractivity contribution in [2.75, 3.05) is 12.3 Å². The van der Waals surface area contributed by atoms with E-state index in [2.05, 4.69) is 24.9 Å². The summed E-state index contributed by atoms with van der Waals surface area (Å²) < 4.78 is 0. The quantitative estimate of drug-likeness (QED) is 0.586. The normalized spacial score (nSPS) is 13.1. The first kappa shape index (κ1) is 9.98. The molecule has 0 radical (unpaired) electrons. The summed E-state index contributed by atoms with van der Waals surface area (Å²) in [5, 5.41) is 3.09. The molecule has 0 aliphatic heterocycles. The lowest BCUT2D eigenvalue weighted by molar-refractivity contribution is -0.118. The van der Waals surface area contributed by atoms with Gasteiger partial charge in [-0.3, -0.25) is 4.79 Å². The summed E-state index contributed by atoms with van der Waals surface area (Å²) in [5.41, 5.74) is 0. The Bertz CT molecular complexity index is 106. The molecule has 0 aromatic carbocycles. The van der Waals surface area contributed by atoms with Crippen LogP contribution in [0.25, 0.3) is 0 Å². The smallest absolute Gasteiger partial charge is 0.147 e. The van der Waals surface area contributed by atoms with Crippen LogP contribution in [0.1, 0.15) is 20.3 Å². The lowest BCUT2D eigenvalue weighted by Gasteiger charge is -2.11. The number of ketones is 1. The first-order valence-electron chi connectivity index (χ1n) is 3.57. The Kier molecular flexibility index (Phi) is 5.73. The molecule has 10 heavy (non-hydrogen) atoms. The van der Waals surface area contributed by atoms with Gasteiger partial charge in [-0.05, 0) is 19.9 Å². The number of rotatable bonds is 5. The largest absolute Gasteiger partial charge is 0.307 e. The van der Waals surface area contributed by atoms with Gasteiger partial charge in [0.25, 0.3) is 0 Å². The molecular weight excluding hydrogens is 146 g/mol. The van der Waals surface area contributed by atoms with E-state index in [0.717, 1.165) is 13.0 Å². The minimum Gasteiger partial charge on any atom is -0.307 e. The Morgan fingerprint density at radius 1 is 1.70 bits per heavy atom. The van der Waals surface area contributed by atoms with Crippen molar-refractivity contribution in [2.45, 2.75) is 26.3 Å². The van der Waals surface area contributed by atoms with Gasteiger partial charge in [0, 0.05) is 5.75 Å². The number of hydrogen-bond donors (Lipinski definition) is 2. The van der Waals surface area contributed by atoms with E-state index in [1.165, 1.54) is 0 Å². The summed E-state index contributed by atoms with van der Waals surface area (Å²) in [6.45, 7) is 4.55. The second-order valence-electron chi connectivity index (χ2n) is 2.30. The van der Waals surface area contributed by atoms with E-state index < -0.39 is 0 Å². The second kappa shape index (κ2) is 5.74. The average Bonchev–Trinajstić information content (AvgIpc) is 1.89. The number of carbonyl (C=O) groups is 1. The van der Waals surface area contributed by atoms with E-state index in [-0.39, 0.29) is 11.8 Å². The summed E-state index contributed by atoms with van der Waals surface area (Å²) in [4.78, 5) is 10.8. The number of hydrogen-bond acceptors (Lipinski definition) is 3. The van der Waals surface area contributed by atoms with E-state index in [1.54, 1.807) is 6.92 Å². The van der Waals surface area contributed by atoms with Crippen LogP contribution in [0.4, 0.5) is 0 Å². The fraction of sp³-hybridized carbons (Fsp3) is 0.857. The molecule has 60 valence electrons. The van der Waals surface area contributed by atoms with Crippen LogP contribution in [0.5, 0.6) is 0 Å². The monoisotopic (exact) mass is 161 g/mol. The molecular formula is C7H15NOS. The third-order valence-corrected chi connectivity index (χ3v) is 1.68. The van der Waals surface area contributed by atoms with E-state index in [1.807, 2.05) is 0 Å². The van der Waals surface area contributed by atoms with Crippen LogP contribution in [0, 0.1) is 0 Å². The fourth-order valence-corrected chi connectivity index (χ4v) is 1.04. The lowest BCUT2D eigenvalue weighted by Crippen LogP contribution is -2.37. The van der Waals surface area contributed by atoms with E-state index in [4.69, 9.17) is 0 Å². The third-order valence-electron chi connectivity index (χ3n) is 1.31. The highest BCUT2D eigenvalue weighted by Gasteiger charge is 2.08. The zero-order valence-corrected chi connectivity index (χ0v) is 7.45. The van der Waals surface area contributed by atoms with Crippen LogP contribution in [0.2, 0.25) is 0 Å². The van der Waals surface area contributed by atoms with Crippen molar-refractivity contribution >= 4 is 18.4 Å². The molecule has 0 heterocycles. The highest BCUT2D eigenvalue weighted by molar-refractivity contribution is 7.80. The second-order valence-corrected chi connectivity index (χ2v) is 2.67. The Labute approximate surface area is 67.8 Å². The molecule has 2 nitrogen and oxygen atoms in total. The molecule has 0 saturated heterocycles. The first-order chi connectivity index (χ1) is 4.72. The maximum Gasteiger partial charge on any atom is 0.147 e. The highest BCUT2D eigenvalue weighted by atomic mass is 32.1. The maximum atomic E-state index is 10.8. The molecule has 0 aromatic heterocycles. The van der Waals surface area contributed by atoms with Gasteiger partial charge >= 0.3 is 0 Å². The van der Waals surface area contributed by atoms with Gasteiger partial charge in [-0.15, -0.1) is 0 Å². The van der Waals surface area contributed by atoms with Gasteiger partial charge in [0.2, 0.25) is 0 Å². The zero-order chi connectivity index (χ0) is 7.98. The Morgan fingerprint density at radius 2 is 2.30 bits per heavy atom. The molecule has 0 saturated carbocycles. The van der Waals surface area contributed by atoms with Crippen LogP contribution in [0.3, 0.4) is 0 Å². The van der Waals surface area contributed by atoms with Gasteiger partial charge in [0.1, 0.15) is 5.78 Å². The third kappa shape index (κ3) is 3.90. The predicted molar refractivity (Wildman–Crippen MR) is 46.6 cm³/mol. The topological polar surface area (TPSA) is 29.1 Å². The molecule has 3 heteroatoms. The first-order valence-corrected chi connectivity index (χ1v) is 4.20. The molecule has 0 amide bonds. The molecule has 0 aliphatic rings. The molecule has 1 atom stereocenters. The van der Waals surface area contributed by atoms with Gasteiger partial charge in [-0.2, -0.15) is 12.6 Å². The Balaban J connectivity index is 3.50. The number of thiol groups is 1. The Morgan fingerprint density at radius 3 is 2.60 bits per heavy atom. The zero-order valence-electron chi connectivity index (χ0n) is 6.55. The summed E-state index contributed by atoms with van der Waals surface area (Å²) in [7, 11) is 0. The van der Waals surface area contributed by atoms with Gasteiger partial charge in [0.15, 0.2) is 0 Å². The van der Waals surface area contributed by atoms with Gasteiger partial charge in [-0.25, -0.2) is 0 Å². The predicted octanol–water partition coefficient (Wildman–Crippen LogP) is 0.873. The van der Waals surface area contributed by atoms with Crippen LogP contribution >= 0.6 is 12.6 Å². The molecule has 0 bridgehead atoms. The minimum absolute atomic E-state index is 0.0525. The number of nitrogens with one attached hydrogen (secondary N) is 1. The average molecular weight is 161 g/mol. The summed E-state index contributed by atoms with van der Waals surface area (Å²) in [6.07, 6.45) is 1.05.